The molecule has 106 valence electrons. The molecule has 0 aliphatic rings. The van der Waals surface area contributed by atoms with Crippen LogP contribution in [0.1, 0.15) is 22.6 Å². The van der Waals surface area contributed by atoms with E-state index in [-0.39, 0.29) is 5.91 Å². The summed E-state index contributed by atoms with van der Waals surface area (Å²) >= 11 is 0. The van der Waals surface area contributed by atoms with Gasteiger partial charge in [0.25, 0.3) is 0 Å². The minimum Gasteiger partial charge on any atom is -0.462 e. The molecule has 4 heteroatoms. The maximum atomic E-state index is 12.0. The molecule has 0 radical (unpaired) electrons. The lowest BCUT2D eigenvalue weighted by Crippen LogP contribution is -2.24. The van der Waals surface area contributed by atoms with Crippen molar-refractivity contribution < 1.29 is 9.21 Å². The van der Waals surface area contributed by atoms with Gasteiger partial charge in [0.1, 0.15) is 11.5 Å². The Morgan fingerprint density at radius 1 is 1.29 bits per heavy atom. The Morgan fingerprint density at radius 2 is 2.00 bits per heavy atom. The number of carbonyl (C=O) groups excluding carboxylic acids is 1. The van der Waals surface area contributed by atoms with E-state index in [1.807, 2.05) is 31.2 Å². The molecule has 0 fully saturated rings. The molecule has 2 aromatic rings. The number of hydrogen-bond donors (Lipinski definition) is 0. The summed E-state index contributed by atoms with van der Waals surface area (Å²) < 4.78 is 5.37. The molecule has 0 aliphatic heterocycles. The molecule has 0 aliphatic carbocycles. The van der Waals surface area contributed by atoms with Crippen LogP contribution in [0.3, 0.4) is 0 Å². The smallest absolute Gasteiger partial charge is 0.246 e. The Morgan fingerprint density at radius 3 is 2.57 bits per heavy atom. The fraction of sp³-hybridized carbons (Fsp3) is 0.176. The summed E-state index contributed by atoms with van der Waals surface area (Å²) in [7, 11) is 1.73. The highest BCUT2D eigenvalue weighted by atomic mass is 16.3. The number of amides is 1. The average Bonchev–Trinajstić information content (AvgIpc) is 2.91. The maximum absolute atomic E-state index is 12.0. The largest absolute Gasteiger partial charge is 0.462 e. The van der Waals surface area contributed by atoms with Crippen molar-refractivity contribution >= 4 is 12.0 Å². The van der Waals surface area contributed by atoms with Crippen LogP contribution in [0.2, 0.25) is 0 Å². The van der Waals surface area contributed by atoms with Gasteiger partial charge < -0.3 is 9.32 Å². The predicted molar refractivity (Wildman–Crippen MR) is 80.1 cm³/mol. The Hall–Kier alpha value is -2.80. The van der Waals surface area contributed by atoms with Gasteiger partial charge in [0, 0.05) is 19.7 Å². The summed E-state index contributed by atoms with van der Waals surface area (Å²) in [6, 6.07) is 12.9. The monoisotopic (exact) mass is 280 g/mol. The molecule has 0 saturated heterocycles. The molecule has 4 nitrogen and oxygen atoms in total. The van der Waals surface area contributed by atoms with Gasteiger partial charge in [-0.25, -0.2) is 0 Å². The van der Waals surface area contributed by atoms with Crippen molar-refractivity contribution in [3.63, 3.8) is 0 Å². The van der Waals surface area contributed by atoms with E-state index in [9.17, 15) is 4.79 Å². The molecule has 1 amide bonds. The van der Waals surface area contributed by atoms with Gasteiger partial charge in [-0.2, -0.15) is 5.26 Å². The zero-order valence-corrected chi connectivity index (χ0v) is 12.0. The van der Waals surface area contributed by atoms with Gasteiger partial charge in [-0.15, -0.1) is 0 Å². The average molecular weight is 280 g/mol. The van der Waals surface area contributed by atoms with Crippen molar-refractivity contribution in [1.29, 1.82) is 5.26 Å². The van der Waals surface area contributed by atoms with Gasteiger partial charge in [0.05, 0.1) is 11.6 Å². The number of carbonyl (C=O) groups is 1. The van der Waals surface area contributed by atoms with E-state index < -0.39 is 0 Å². The van der Waals surface area contributed by atoms with E-state index in [1.165, 1.54) is 6.08 Å². The minimum absolute atomic E-state index is 0.103. The number of rotatable bonds is 4. The van der Waals surface area contributed by atoms with Gasteiger partial charge in [-0.3, -0.25) is 4.79 Å². The molecule has 1 aromatic carbocycles. The lowest BCUT2D eigenvalue weighted by atomic mass is 10.1. The minimum atomic E-state index is -0.103. The number of furan rings is 1. The van der Waals surface area contributed by atoms with Crippen LogP contribution in [-0.4, -0.2) is 17.9 Å². The first-order valence-electron chi connectivity index (χ1n) is 6.57. The molecule has 0 spiro atoms. The summed E-state index contributed by atoms with van der Waals surface area (Å²) in [5.74, 6) is 1.37. The van der Waals surface area contributed by atoms with Gasteiger partial charge in [0.15, 0.2) is 0 Å². The molecular formula is C17H16N2O2. The van der Waals surface area contributed by atoms with Crippen LogP contribution in [0.25, 0.3) is 6.08 Å². The molecule has 0 bridgehead atoms. The summed E-state index contributed by atoms with van der Waals surface area (Å²) in [6.07, 6.45) is 3.15. The van der Waals surface area contributed by atoms with Crippen LogP contribution in [0, 0.1) is 18.3 Å². The molecule has 2 rings (SSSR count). The normalized spacial score (nSPS) is 10.5. The van der Waals surface area contributed by atoms with Gasteiger partial charge >= 0.3 is 0 Å². The first-order chi connectivity index (χ1) is 10.1. The second-order valence-electron chi connectivity index (χ2n) is 4.78. The van der Waals surface area contributed by atoms with Crippen molar-refractivity contribution in [2.75, 3.05) is 7.05 Å². The topological polar surface area (TPSA) is 57.2 Å². The van der Waals surface area contributed by atoms with Gasteiger partial charge in [-0.05, 0) is 42.8 Å². The fourth-order valence-electron chi connectivity index (χ4n) is 1.86. The lowest BCUT2D eigenvalue weighted by Gasteiger charge is -2.15. The number of aryl methyl sites for hydroxylation is 1. The zero-order valence-electron chi connectivity index (χ0n) is 12.0. The highest BCUT2D eigenvalue weighted by molar-refractivity contribution is 5.91. The predicted octanol–water partition coefficient (Wildman–Crippen LogP) is 3.13. The summed E-state index contributed by atoms with van der Waals surface area (Å²) in [5, 5.41) is 8.75. The third-order valence-electron chi connectivity index (χ3n) is 3.03. The zero-order chi connectivity index (χ0) is 15.2. The van der Waals surface area contributed by atoms with E-state index in [0.717, 1.165) is 11.3 Å². The second kappa shape index (κ2) is 6.58. The number of hydrogen-bond acceptors (Lipinski definition) is 3. The van der Waals surface area contributed by atoms with E-state index in [2.05, 4.69) is 6.07 Å². The number of likely N-dealkylation sites (N-methyl/N-ethyl adjacent to an activating group) is 1. The van der Waals surface area contributed by atoms with E-state index in [0.29, 0.717) is 17.9 Å². The Bertz CT molecular complexity index is 690. The quantitative estimate of drug-likeness (QED) is 0.808. The first-order valence-corrected chi connectivity index (χ1v) is 6.57. The van der Waals surface area contributed by atoms with Crippen molar-refractivity contribution in [2.45, 2.75) is 13.5 Å². The van der Waals surface area contributed by atoms with Crippen LogP contribution in [0.15, 0.2) is 46.9 Å². The van der Waals surface area contributed by atoms with E-state index in [1.54, 1.807) is 30.2 Å². The SMILES string of the molecule is Cc1ccc(/C=C/C(=O)N(C)Cc2ccc(C#N)cc2)o1. The molecule has 1 aromatic heterocycles. The van der Waals surface area contributed by atoms with E-state index >= 15 is 0 Å². The fourth-order valence-corrected chi connectivity index (χ4v) is 1.86. The van der Waals surface area contributed by atoms with Crippen molar-refractivity contribution in [3.8, 4) is 6.07 Å². The Labute approximate surface area is 123 Å². The number of nitriles is 1. The molecule has 0 unspecified atom stereocenters. The Kier molecular flexibility index (Phi) is 4.57. The summed E-state index contributed by atoms with van der Waals surface area (Å²) in [6.45, 7) is 2.35. The van der Waals surface area contributed by atoms with Crippen molar-refractivity contribution in [1.82, 2.24) is 4.90 Å². The highest BCUT2D eigenvalue weighted by Gasteiger charge is 2.06. The molecular weight excluding hydrogens is 264 g/mol. The lowest BCUT2D eigenvalue weighted by molar-refractivity contribution is -0.125. The van der Waals surface area contributed by atoms with Crippen LogP contribution < -0.4 is 0 Å². The third kappa shape index (κ3) is 4.08. The highest BCUT2D eigenvalue weighted by Crippen LogP contribution is 2.09. The first kappa shape index (κ1) is 14.6. The van der Waals surface area contributed by atoms with Crippen LogP contribution >= 0.6 is 0 Å². The summed E-state index contributed by atoms with van der Waals surface area (Å²) in [5.41, 5.74) is 1.59. The molecule has 0 N–H and O–H groups in total. The van der Waals surface area contributed by atoms with Crippen molar-refractivity contribution in [2.24, 2.45) is 0 Å². The molecule has 0 saturated carbocycles. The van der Waals surface area contributed by atoms with Crippen LogP contribution in [-0.2, 0) is 11.3 Å². The van der Waals surface area contributed by atoms with Crippen LogP contribution in [0.5, 0.6) is 0 Å². The molecule has 1 heterocycles. The number of benzene rings is 1. The van der Waals surface area contributed by atoms with E-state index in [4.69, 9.17) is 9.68 Å². The number of nitrogens with zero attached hydrogens (tertiary/aromatic N) is 2. The molecule has 0 atom stereocenters. The van der Waals surface area contributed by atoms with Crippen LogP contribution in [0.4, 0.5) is 0 Å². The summed E-state index contributed by atoms with van der Waals surface area (Å²) in [4.78, 5) is 13.6. The Balaban J connectivity index is 1.95. The van der Waals surface area contributed by atoms with Crippen molar-refractivity contribution in [3.05, 3.63) is 65.1 Å². The van der Waals surface area contributed by atoms with Gasteiger partial charge in [-0.1, -0.05) is 12.1 Å². The maximum Gasteiger partial charge on any atom is 0.246 e. The standard InChI is InChI=1S/C17H16N2O2/c1-13-3-8-16(21-13)9-10-17(20)19(2)12-15-6-4-14(11-18)5-7-15/h3-10H,12H2,1-2H3/b10-9+. The molecule has 21 heavy (non-hydrogen) atoms. The second-order valence-corrected chi connectivity index (χ2v) is 4.78. The third-order valence-corrected chi connectivity index (χ3v) is 3.03. The van der Waals surface area contributed by atoms with Gasteiger partial charge in [0.2, 0.25) is 5.91 Å².